The van der Waals surface area contributed by atoms with Crippen molar-refractivity contribution in [3.05, 3.63) is 64.7 Å². The zero-order valence-electron chi connectivity index (χ0n) is 13.6. The molecule has 0 bridgehead atoms. The lowest BCUT2D eigenvalue weighted by molar-refractivity contribution is 0.304. The second-order valence-corrected chi connectivity index (χ2v) is 5.83. The summed E-state index contributed by atoms with van der Waals surface area (Å²) < 4.78 is 5.78. The maximum absolute atomic E-state index is 9.34. The lowest BCUT2D eigenvalue weighted by Gasteiger charge is -2.11. The molecule has 0 spiro atoms. The first-order chi connectivity index (χ1) is 10.6. The van der Waals surface area contributed by atoms with Crippen molar-refractivity contribution in [3.8, 4) is 11.8 Å². The van der Waals surface area contributed by atoms with Crippen LogP contribution in [-0.2, 0) is 0 Å². The lowest BCUT2D eigenvalue weighted by atomic mass is 9.95. The summed E-state index contributed by atoms with van der Waals surface area (Å²) in [7, 11) is 0. The van der Waals surface area contributed by atoms with Crippen LogP contribution in [0.25, 0.3) is 0 Å². The third-order valence-corrected chi connectivity index (χ3v) is 4.02. The van der Waals surface area contributed by atoms with E-state index in [1.165, 1.54) is 16.7 Å². The second kappa shape index (κ2) is 7.66. The Labute approximate surface area is 133 Å². The quantitative estimate of drug-likeness (QED) is 0.696. The maximum atomic E-state index is 9.34. The van der Waals surface area contributed by atoms with Crippen molar-refractivity contribution in [1.29, 1.82) is 5.26 Å². The molecular weight excluding hydrogens is 270 g/mol. The van der Waals surface area contributed by atoms with E-state index in [2.05, 4.69) is 51.1 Å². The number of aryl methyl sites for hydroxylation is 3. The van der Waals surface area contributed by atoms with Gasteiger partial charge in [0, 0.05) is 0 Å². The van der Waals surface area contributed by atoms with Crippen LogP contribution >= 0.6 is 0 Å². The average Bonchev–Trinajstić information content (AvgIpc) is 2.52. The van der Waals surface area contributed by atoms with E-state index in [4.69, 9.17) is 4.74 Å². The Hall–Kier alpha value is -2.27. The highest BCUT2D eigenvalue weighted by atomic mass is 16.5. The highest BCUT2D eigenvalue weighted by Crippen LogP contribution is 2.22. The molecule has 1 atom stereocenters. The van der Waals surface area contributed by atoms with E-state index in [-0.39, 0.29) is 5.92 Å². The van der Waals surface area contributed by atoms with Gasteiger partial charge in [0.1, 0.15) is 5.75 Å². The molecule has 2 aromatic rings. The summed E-state index contributed by atoms with van der Waals surface area (Å²) in [6.07, 6.45) is 1.70. The van der Waals surface area contributed by atoms with Gasteiger partial charge in [-0.25, -0.2) is 0 Å². The Morgan fingerprint density at radius 1 is 1.00 bits per heavy atom. The minimum Gasteiger partial charge on any atom is -0.494 e. The topological polar surface area (TPSA) is 33.0 Å². The molecule has 0 aliphatic carbocycles. The summed E-state index contributed by atoms with van der Waals surface area (Å²) >= 11 is 0. The van der Waals surface area contributed by atoms with E-state index in [0.29, 0.717) is 6.61 Å². The van der Waals surface area contributed by atoms with Gasteiger partial charge in [-0.05, 0) is 62.4 Å². The minimum atomic E-state index is -0.0519. The highest BCUT2D eigenvalue weighted by molar-refractivity contribution is 5.33. The number of nitriles is 1. The second-order valence-electron chi connectivity index (χ2n) is 5.83. The van der Waals surface area contributed by atoms with Gasteiger partial charge < -0.3 is 4.74 Å². The highest BCUT2D eigenvalue weighted by Gasteiger charge is 2.10. The van der Waals surface area contributed by atoms with Crippen LogP contribution in [0, 0.1) is 32.1 Å². The molecule has 0 aliphatic rings. The van der Waals surface area contributed by atoms with Crippen molar-refractivity contribution in [2.45, 2.75) is 39.5 Å². The molecule has 0 fully saturated rings. The number of ether oxygens (including phenoxy) is 1. The fraction of sp³-hybridized carbons (Fsp3) is 0.350. The van der Waals surface area contributed by atoms with Gasteiger partial charge in [-0.2, -0.15) is 5.26 Å². The first-order valence-corrected chi connectivity index (χ1v) is 7.76. The van der Waals surface area contributed by atoms with Crippen molar-refractivity contribution in [2.75, 3.05) is 6.61 Å². The van der Waals surface area contributed by atoms with E-state index in [9.17, 15) is 5.26 Å². The predicted octanol–water partition coefficient (Wildman–Crippen LogP) is 5.08. The largest absolute Gasteiger partial charge is 0.494 e. The summed E-state index contributed by atoms with van der Waals surface area (Å²) in [5.41, 5.74) is 4.83. The van der Waals surface area contributed by atoms with E-state index < -0.39 is 0 Å². The molecule has 2 aromatic carbocycles. The van der Waals surface area contributed by atoms with Gasteiger partial charge in [0.25, 0.3) is 0 Å². The Morgan fingerprint density at radius 3 is 2.36 bits per heavy atom. The molecule has 0 saturated carbocycles. The Morgan fingerprint density at radius 2 is 1.73 bits per heavy atom. The Bertz CT molecular complexity index is 652. The summed E-state index contributed by atoms with van der Waals surface area (Å²) in [6.45, 7) is 6.89. The smallest absolute Gasteiger partial charge is 0.119 e. The third-order valence-electron chi connectivity index (χ3n) is 4.02. The number of benzene rings is 2. The number of hydrogen-bond donors (Lipinski definition) is 0. The van der Waals surface area contributed by atoms with Gasteiger partial charge in [-0.1, -0.05) is 35.9 Å². The van der Waals surface area contributed by atoms with Gasteiger partial charge in [-0.15, -0.1) is 0 Å². The van der Waals surface area contributed by atoms with Gasteiger partial charge in [0.2, 0.25) is 0 Å². The maximum Gasteiger partial charge on any atom is 0.119 e. The molecule has 2 nitrogen and oxygen atoms in total. The fourth-order valence-electron chi connectivity index (χ4n) is 2.39. The summed E-state index contributed by atoms with van der Waals surface area (Å²) in [6, 6.07) is 16.8. The Balaban J connectivity index is 1.83. The molecule has 0 aliphatic heterocycles. The van der Waals surface area contributed by atoms with Crippen LogP contribution in [0.1, 0.15) is 41.0 Å². The molecule has 0 aromatic heterocycles. The van der Waals surface area contributed by atoms with E-state index in [0.717, 1.165) is 24.2 Å². The zero-order chi connectivity index (χ0) is 15.9. The zero-order valence-corrected chi connectivity index (χ0v) is 13.6. The molecule has 0 saturated heterocycles. The molecule has 0 heterocycles. The van der Waals surface area contributed by atoms with Crippen molar-refractivity contribution >= 4 is 0 Å². The lowest BCUT2D eigenvalue weighted by Crippen LogP contribution is -2.02. The van der Waals surface area contributed by atoms with Crippen LogP contribution in [-0.4, -0.2) is 6.61 Å². The third kappa shape index (κ3) is 4.36. The van der Waals surface area contributed by atoms with Crippen LogP contribution in [0.2, 0.25) is 0 Å². The fourth-order valence-corrected chi connectivity index (χ4v) is 2.39. The van der Waals surface area contributed by atoms with Crippen LogP contribution in [0.4, 0.5) is 0 Å². The van der Waals surface area contributed by atoms with Crippen LogP contribution in [0.5, 0.6) is 5.75 Å². The van der Waals surface area contributed by atoms with Crippen LogP contribution in [0.15, 0.2) is 42.5 Å². The molecule has 1 unspecified atom stereocenters. The summed E-state index contributed by atoms with van der Waals surface area (Å²) in [4.78, 5) is 0. The predicted molar refractivity (Wildman–Crippen MR) is 90.2 cm³/mol. The molecule has 2 heteroatoms. The SMILES string of the molecule is Cc1ccc(C(C#N)CCCOc2ccc(C)c(C)c2)cc1. The number of rotatable bonds is 6. The molecule has 114 valence electrons. The van der Waals surface area contributed by atoms with Gasteiger partial charge in [0.05, 0.1) is 18.6 Å². The average molecular weight is 293 g/mol. The minimum absolute atomic E-state index is 0.0519. The first-order valence-electron chi connectivity index (χ1n) is 7.76. The van der Waals surface area contributed by atoms with Gasteiger partial charge in [0.15, 0.2) is 0 Å². The molecule has 2 rings (SSSR count). The van der Waals surface area contributed by atoms with Gasteiger partial charge in [-0.3, -0.25) is 0 Å². The number of hydrogen-bond acceptors (Lipinski definition) is 2. The summed E-state index contributed by atoms with van der Waals surface area (Å²) in [5.74, 6) is 0.857. The summed E-state index contributed by atoms with van der Waals surface area (Å²) in [5, 5.41) is 9.34. The van der Waals surface area contributed by atoms with Crippen LogP contribution in [0.3, 0.4) is 0 Å². The molecule has 0 N–H and O–H groups in total. The van der Waals surface area contributed by atoms with Crippen molar-refractivity contribution in [1.82, 2.24) is 0 Å². The van der Waals surface area contributed by atoms with E-state index in [1.54, 1.807) is 0 Å². The molecule has 22 heavy (non-hydrogen) atoms. The molecular formula is C20H23NO. The molecule has 0 radical (unpaired) electrons. The van der Waals surface area contributed by atoms with Crippen molar-refractivity contribution < 1.29 is 4.74 Å². The normalized spacial score (nSPS) is 11.7. The van der Waals surface area contributed by atoms with E-state index >= 15 is 0 Å². The monoisotopic (exact) mass is 293 g/mol. The van der Waals surface area contributed by atoms with Crippen LogP contribution < -0.4 is 4.74 Å². The van der Waals surface area contributed by atoms with E-state index in [1.807, 2.05) is 18.2 Å². The number of nitrogens with zero attached hydrogens (tertiary/aromatic N) is 1. The standard InChI is InChI=1S/C20H23NO/c1-15-6-9-18(10-7-15)19(14-21)5-4-12-22-20-11-8-16(2)17(3)13-20/h6-11,13,19H,4-5,12H2,1-3H3. The first kappa shape index (κ1) is 16.1. The van der Waals surface area contributed by atoms with Crippen molar-refractivity contribution in [3.63, 3.8) is 0 Å². The molecule has 0 amide bonds. The van der Waals surface area contributed by atoms with Crippen molar-refractivity contribution in [2.24, 2.45) is 0 Å². The Kier molecular flexibility index (Phi) is 5.61. The van der Waals surface area contributed by atoms with Gasteiger partial charge >= 0.3 is 0 Å².